The maximum absolute atomic E-state index is 12.7. The molecule has 112 valence electrons. The SMILES string of the molecule is C=CCN(C1CC1)S(=O)(=O)c1[nH]ncc1CNCCC. The normalized spacial score (nSPS) is 15.7. The van der Waals surface area contributed by atoms with Gasteiger partial charge in [0.2, 0.25) is 0 Å². The molecule has 0 spiro atoms. The van der Waals surface area contributed by atoms with Crippen molar-refractivity contribution in [2.45, 2.75) is 43.8 Å². The van der Waals surface area contributed by atoms with Gasteiger partial charge in [0.25, 0.3) is 10.0 Å². The standard InChI is InChI=1S/C13H22N4O2S/c1-3-7-14-9-11-10-15-16-13(11)20(18,19)17(8-4-2)12-5-6-12/h4,10,12,14H,2-3,5-9H2,1H3,(H,15,16). The lowest BCUT2D eigenvalue weighted by atomic mass is 10.3. The Labute approximate surface area is 120 Å². The first-order valence-electron chi connectivity index (χ1n) is 6.97. The predicted octanol–water partition coefficient (Wildman–Crippen LogP) is 1.25. The van der Waals surface area contributed by atoms with E-state index in [4.69, 9.17) is 0 Å². The van der Waals surface area contributed by atoms with Crippen molar-refractivity contribution in [3.8, 4) is 0 Å². The van der Waals surface area contributed by atoms with Gasteiger partial charge in [-0.05, 0) is 25.8 Å². The molecule has 0 amide bonds. The molecule has 1 saturated carbocycles. The molecule has 6 nitrogen and oxygen atoms in total. The van der Waals surface area contributed by atoms with E-state index in [1.165, 1.54) is 4.31 Å². The summed E-state index contributed by atoms with van der Waals surface area (Å²) in [7, 11) is -3.52. The third-order valence-electron chi connectivity index (χ3n) is 3.25. The molecule has 1 aliphatic carbocycles. The Morgan fingerprint density at radius 3 is 2.95 bits per heavy atom. The van der Waals surface area contributed by atoms with Crippen LogP contribution in [-0.4, -0.2) is 42.1 Å². The second-order valence-electron chi connectivity index (χ2n) is 5.00. The minimum Gasteiger partial charge on any atom is -0.313 e. The van der Waals surface area contributed by atoms with Gasteiger partial charge in [0.1, 0.15) is 0 Å². The van der Waals surface area contributed by atoms with Crippen LogP contribution in [0.3, 0.4) is 0 Å². The highest BCUT2D eigenvalue weighted by atomic mass is 32.2. The average molecular weight is 298 g/mol. The van der Waals surface area contributed by atoms with Gasteiger partial charge in [0.05, 0.1) is 6.20 Å². The van der Waals surface area contributed by atoms with E-state index in [2.05, 4.69) is 29.0 Å². The summed E-state index contributed by atoms with van der Waals surface area (Å²) >= 11 is 0. The maximum atomic E-state index is 12.7. The number of aromatic nitrogens is 2. The van der Waals surface area contributed by atoms with Crippen LogP contribution < -0.4 is 5.32 Å². The lowest BCUT2D eigenvalue weighted by molar-refractivity contribution is 0.432. The fraction of sp³-hybridized carbons (Fsp3) is 0.615. The molecule has 1 aromatic heterocycles. The number of nitrogens with one attached hydrogen (secondary N) is 2. The lowest BCUT2D eigenvalue weighted by Crippen LogP contribution is -2.34. The molecule has 0 radical (unpaired) electrons. The van der Waals surface area contributed by atoms with Crippen LogP contribution in [0.2, 0.25) is 0 Å². The third-order valence-corrected chi connectivity index (χ3v) is 5.18. The topological polar surface area (TPSA) is 78.1 Å². The van der Waals surface area contributed by atoms with Crippen molar-refractivity contribution in [1.29, 1.82) is 0 Å². The molecule has 2 N–H and O–H groups in total. The van der Waals surface area contributed by atoms with Crippen molar-refractivity contribution >= 4 is 10.0 Å². The first-order valence-corrected chi connectivity index (χ1v) is 8.41. The molecule has 1 aliphatic rings. The van der Waals surface area contributed by atoms with E-state index in [0.717, 1.165) is 25.8 Å². The Morgan fingerprint density at radius 1 is 1.60 bits per heavy atom. The Morgan fingerprint density at radius 2 is 2.35 bits per heavy atom. The highest BCUT2D eigenvalue weighted by Crippen LogP contribution is 2.32. The summed E-state index contributed by atoms with van der Waals surface area (Å²) in [6.45, 7) is 7.41. The first-order chi connectivity index (χ1) is 9.61. The van der Waals surface area contributed by atoms with E-state index in [-0.39, 0.29) is 11.1 Å². The molecule has 0 atom stereocenters. The number of aromatic amines is 1. The van der Waals surface area contributed by atoms with Gasteiger partial charge in [-0.1, -0.05) is 13.0 Å². The minimum absolute atomic E-state index is 0.109. The van der Waals surface area contributed by atoms with Gasteiger partial charge in [-0.15, -0.1) is 6.58 Å². The highest BCUT2D eigenvalue weighted by molar-refractivity contribution is 7.89. The zero-order valence-electron chi connectivity index (χ0n) is 11.8. The summed E-state index contributed by atoms with van der Waals surface area (Å²) < 4.78 is 26.9. The number of nitrogens with zero attached hydrogens (tertiary/aromatic N) is 2. The van der Waals surface area contributed by atoms with E-state index in [0.29, 0.717) is 18.7 Å². The second kappa shape index (κ2) is 6.51. The quantitative estimate of drug-likeness (QED) is 0.531. The van der Waals surface area contributed by atoms with Crippen molar-refractivity contribution in [3.63, 3.8) is 0 Å². The van der Waals surface area contributed by atoms with E-state index in [1.54, 1.807) is 12.3 Å². The average Bonchev–Trinajstić information content (AvgIpc) is 3.13. The smallest absolute Gasteiger partial charge is 0.260 e. The van der Waals surface area contributed by atoms with E-state index in [9.17, 15) is 8.42 Å². The van der Waals surface area contributed by atoms with Gasteiger partial charge < -0.3 is 5.32 Å². The summed E-state index contributed by atoms with van der Waals surface area (Å²) in [6, 6.07) is 0.109. The molecule has 2 rings (SSSR count). The summed E-state index contributed by atoms with van der Waals surface area (Å²) in [5.74, 6) is 0. The van der Waals surface area contributed by atoms with Gasteiger partial charge >= 0.3 is 0 Å². The monoisotopic (exact) mass is 298 g/mol. The Bertz CT molecular complexity index is 548. The van der Waals surface area contributed by atoms with Crippen molar-refractivity contribution in [1.82, 2.24) is 19.8 Å². The Balaban J connectivity index is 2.20. The summed E-state index contributed by atoms with van der Waals surface area (Å²) in [6.07, 6.45) is 6.05. The van der Waals surface area contributed by atoms with E-state index >= 15 is 0 Å². The molecule has 0 saturated heterocycles. The fourth-order valence-corrected chi connectivity index (χ4v) is 3.86. The van der Waals surface area contributed by atoms with Crippen LogP contribution in [0.1, 0.15) is 31.7 Å². The van der Waals surface area contributed by atoms with Gasteiger partial charge in [-0.25, -0.2) is 8.42 Å². The number of rotatable bonds is 9. The zero-order valence-corrected chi connectivity index (χ0v) is 12.6. The first kappa shape index (κ1) is 15.2. The molecular weight excluding hydrogens is 276 g/mol. The third kappa shape index (κ3) is 3.28. The molecule has 0 unspecified atom stereocenters. The van der Waals surface area contributed by atoms with Crippen molar-refractivity contribution < 1.29 is 8.42 Å². The molecule has 0 bridgehead atoms. The van der Waals surface area contributed by atoms with Crippen molar-refractivity contribution in [3.05, 3.63) is 24.4 Å². The molecule has 1 fully saturated rings. The summed E-state index contributed by atoms with van der Waals surface area (Å²) in [4.78, 5) is 0. The van der Waals surface area contributed by atoms with Crippen LogP contribution in [0.5, 0.6) is 0 Å². The largest absolute Gasteiger partial charge is 0.313 e. The Kier molecular flexibility index (Phi) is 4.95. The number of H-pyrrole nitrogens is 1. The van der Waals surface area contributed by atoms with Crippen LogP contribution in [0, 0.1) is 0 Å². The second-order valence-corrected chi connectivity index (χ2v) is 6.82. The molecule has 1 heterocycles. The molecular formula is C13H22N4O2S. The van der Waals surface area contributed by atoms with E-state index in [1.807, 2.05) is 0 Å². The lowest BCUT2D eigenvalue weighted by Gasteiger charge is -2.19. The molecule has 7 heteroatoms. The molecule has 20 heavy (non-hydrogen) atoms. The molecule has 1 aromatic rings. The van der Waals surface area contributed by atoms with Crippen LogP contribution in [0.25, 0.3) is 0 Å². The highest BCUT2D eigenvalue weighted by Gasteiger charge is 2.38. The van der Waals surface area contributed by atoms with Crippen LogP contribution in [0.15, 0.2) is 23.9 Å². The van der Waals surface area contributed by atoms with Gasteiger partial charge in [-0.3, -0.25) is 5.10 Å². The van der Waals surface area contributed by atoms with Crippen molar-refractivity contribution in [2.24, 2.45) is 0 Å². The van der Waals surface area contributed by atoms with Crippen molar-refractivity contribution in [2.75, 3.05) is 13.1 Å². The molecule has 0 aliphatic heterocycles. The number of sulfonamides is 1. The van der Waals surface area contributed by atoms with E-state index < -0.39 is 10.0 Å². The molecule has 0 aromatic carbocycles. The maximum Gasteiger partial charge on any atom is 0.260 e. The number of hydrogen-bond acceptors (Lipinski definition) is 4. The Hall–Kier alpha value is -1.18. The van der Waals surface area contributed by atoms with Gasteiger partial charge in [0.15, 0.2) is 5.03 Å². The zero-order chi connectivity index (χ0) is 14.6. The van der Waals surface area contributed by atoms with Gasteiger partial charge in [0, 0.05) is 24.7 Å². The predicted molar refractivity (Wildman–Crippen MR) is 77.7 cm³/mol. The van der Waals surface area contributed by atoms with Gasteiger partial charge in [-0.2, -0.15) is 9.40 Å². The van der Waals surface area contributed by atoms with Crippen LogP contribution in [-0.2, 0) is 16.6 Å². The summed E-state index contributed by atoms with van der Waals surface area (Å²) in [5.41, 5.74) is 0.688. The van der Waals surface area contributed by atoms with Crippen LogP contribution >= 0.6 is 0 Å². The fourth-order valence-electron chi connectivity index (χ4n) is 2.10. The summed E-state index contributed by atoms with van der Waals surface area (Å²) in [5, 5.41) is 9.94. The number of hydrogen-bond donors (Lipinski definition) is 2. The van der Waals surface area contributed by atoms with Crippen LogP contribution in [0.4, 0.5) is 0 Å². The minimum atomic E-state index is -3.52.